The quantitative estimate of drug-likeness (QED) is 0.741. The minimum Gasteiger partial charge on any atom is -0.355 e. The number of hydrogen-bond acceptors (Lipinski definition) is 3. The molecule has 1 heterocycles. The monoisotopic (exact) mass is 356 g/mol. The van der Waals surface area contributed by atoms with Gasteiger partial charge in [-0.25, -0.2) is 0 Å². The lowest BCUT2D eigenvalue weighted by Crippen LogP contribution is -2.13. The molecule has 22 heavy (non-hydrogen) atoms. The highest BCUT2D eigenvalue weighted by Crippen LogP contribution is 2.23. The Morgan fingerprint density at radius 1 is 1.14 bits per heavy atom. The molecule has 1 N–H and O–H groups in total. The minimum atomic E-state index is -0.299. The SMILES string of the molecule is Cc1ccc(Br)cc1NC(=O)c1cc(-c2ccccc2)on1. The fourth-order valence-corrected chi connectivity index (χ4v) is 2.40. The summed E-state index contributed by atoms with van der Waals surface area (Å²) in [6.45, 7) is 1.93. The summed E-state index contributed by atoms with van der Waals surface area (Å²) in [5.41, 5.74) is 2.85. The van der Waals surface area contributed by atoms with Crippen LogP contribution in [0.5, 0.6) is 0 Å². The van der Waals surface area contributed by atoms with Crippen molar-refractivity contribution >= 4 is 27.5 Å². The molecule has 5 heteroatoms. The molecular weight excluding hydrogens is 344 g/mol. The number of aryl methyl sites for hydroxylation is 1. The molecule has 0 aliphatic carbocycles. The highest BCUT2D eigenvalue weighted by atomic mass is 79.9. The fourth-order valence-electron chi connectivity index (χ4n) is 2.04. The summed E-state index contributed by atoms with van der Waals surface area (Å²) in [7, 11) is 0. The molecule has 4 nitrogen and oxygen atoms in total. The predicted molar refractivity (Wildman–Crippen MR) is 88.8 cm³/mol. The van der Waals surface area contributed by atoms with Crippen LogP contribution < -0.4 is 5.32 Å². The zero-order chi connectivity index (χ0) is 15.5. The fraction of sp³-hybridized carbons (Fsp3) is 0.0588. The number of aromatic nitrogens is 1. The van der Waals surface area contributed by atoms with Crippen LogP contribution in [0.15, 0.2) is 63.6 Å². The highest BCUT2D eigenvalue weighted by molar-refractivity contribution is 9.10. The number of anilines is 1. The van der Waals surface area contributed by atoms with Gasteiger partial charge in [0, 0.05) is 21.8 Å². The van der Waals surface area contributed by atoms with Crippen LogP contribution in [0.2, 0.25) is 0 Å². The Balaban J connectivity index is 1.81. The molecule has 0 fully saturated rings. The van der Waals surface area contributed by atoms with Gasteiger partial charge in [0.2, 0.25) is 0 Å². The largest absolute Gasteiger partial charge is 0.355 e. The molecule has 0 atom stereocenters. The molecule has 0 saturated carbocycles. The van der Waals surface area contributed by atoms with E-state index in [9.17, 15) is 4.79 Å². The zero-order valence-electron chi connectivity index (χ0n) is 11.8. The summed E-state index contributed by atoms with van der Waals surface area (Å²) in [4.78, 5) is 12.3. The molecule has 1 aromatic heterocycles. The number of carbonyl (C=O) groups is 1. The first-order chi connectivity index (χ1) is 10.6. The molecule has 3 rings (SSSR count). The van der Waals surface area contributed by atoms with E-state index in [4.69, 9.17) is 4.52 Å². The first-order valence-electron chi connectivity index (χ1n) is 6.73. The Morgan fingerprint density at radius 2 is 1.91 bits per heavy atom. The maximum atomic E-state index is 12.3. The summed E-state index contributed by atoms with van der Waals surface area (Å²) >= 11 is 3.39. The first-order valence-corrected chi connectivity index (χ1v) is 7.52. The van der Waals surface area contributed by atoms with Gasteiger partial charge < -0.3 is 9.84 Å². The van der Waals surface area contributed by atoms with Gasteiger partial charge in [-0.2, -0.15) is 0 Å². The Labute approximate surface area is 136 Å². The van der Waals surface area contributed by atoms with Crippen LogP contribution in [0.25, 0.3) is 11.3 Å². The third-order valence-electron chi connectivity index (χ3n) is 3.25. The molecule has 0 aliphatic rings. The molecule has 0 aliphatic heterocycles. The molecular formula is C17H13BrN2O2. The third-order valence-corrected chi connectivity index (χ3v) is 3.74. The standard InChI is InChI=1S/C17H13BrN2O2/c1-11-7-8-13(18)9-14(11)19-17(21)15-10-16(22-20-15)12-5-3-2-4-6-12/h2-10H,1H3,(H,19,21). The van der Waals surface area contributed by atoms with Crippen LogP contribution in [-0.4, -0.2) is 11.1 Å². The molecule has 3 aromatic rings. The topological polar surface area (TPSA) is 55.1 Å². The van der Waals surface area contributed by atoms with Gasteiger partial charge in [-0.1, -0.05) is 57.5 Å². The highest BCUT2D eigenvalue weighted by Gasteiger charge is 2.14. The number of hydrogen-bond donors (Lipinski definition) is 1. The molecule has 0 radical (unpaired) electrons. The van der Waals surface area contributed by atoms with Crippen LogP contribution in [-0.2, 0) is 0 Å². The van der Waals surface area contributed by atoms with E-state index in [1.165, 1.54) is 0 Å². The third kappa shape index (κ3) is 3.09. The number of benzene rings is 2. The van der Waals surface area contributed by atoms with Crippen LogP contribution in [0.4, 0.5) is 5.69 Å². The maximum absolute atomic E-state index is 12.3. The summed E-state index contributed by atoms with van der Waals surface area (Å²) in [5.74, 6) is 0.267. The van der Waals surface area contributed by atoms with E-state index in [1.54, 1.807) is 6.07 Å². The smallest absolute Gasteiger partial charge is 0.277 e. The van der Waals surface area contributed by atoms with Gasteiger partial charge in [0.25, 0.3) is 5.91 Å². The summed E-state index contributed by atoms with van der Waals surface area (Å²) in [6.07, 6.45) is 0. The Hall–Kier alpha value is -2.40. The van der Waals surface area contributed by atoms with Crippen LogP contribution in [0.3, 0.4) is 0 Å². The maximum Gasteiger partial charge on any atom is 0.277 e. The Kier molecular flexibility index (Phi) is 4.06. The molecule has 110 valence electrons. The Morgan fingerprint density at radius 3 is 2.68 bits per heavy atom. The number of amides is 1. The normalized spacial score (nSPS) is 10.5. The minimum absolute atomic E-state index is 0.248. The van der Waals surface area contributed by atoms with Gasteiger partial charge in [-0.05, 0) is 24.6 Å². The molecule has 2 aromatic carbocycles. The van der Waals surface area contributed by atoms with E-state index in [-0.39, 0.29) is 11.6 Å². The van der Waals surface area contributed by atoms with E-state index >= 15 is 0 Å². The van der Waals surface area contributed by atoms with Crippen molar-refractivity contribution in [2.75, 3.05) is 5.32 Å². The van der Waals surface area contributed by atoms with Crippen molar-refractivity contribution in [2.24, 2.45) is 0 Å². The van der Waals surface area contributed by atoms with Crippen LogP contribution in [0, 0.1) is 6.92 Å². The van der Waals surface area contributed by atoms with E-state index in [1.807, 2.05) is 55.5 Å². The molecule has 0 unspecified atom stereocenters. The summed E-state index contributed by atoms with van der Waals surface area (Å²) in [5, 5.41) is 6.68. The average Bonchev–Trinajstić information content (AvgIpc) is 3.02. The molecule has 0 spiro atoms. The lowest BCUT2D eigenvalue weighted by atomic mass is 10.1. The number of carbonyl (C=O) groups excluding carboxylic acids is 1. The van der Waals surface area contributed by atoms with Crippen molar-refractivity contribution in [3.8, 4) is 11.3 Å². The Bertz CT molecular complexity index is 813. The van der Waals surface area contributed by atoms with Crippen molar-refractivity contribution < 1.29 is 9.32 Å². The lowest BCUT2D eigenvalue weighted by molar-refractivity contribution is 0.101. The van der Waals surface area contributed by atoms with Crippen molar-refractivity contribution in [2.45, 2.75) is 6.92 Å². The van der Waals surface area contributed by atoms with Crippen molar-refractivity contribution in [1.82, 2.24) is 5.16 Å². The first kappa shape index (κ1) is 14.5. The van der Waals surface area contributed by atoms with Gasteiger partial charge in [0.1, 0.15) is 0 Å². The second-order valence-corrected chi connectivity index (χ2v) is 5.77. The molecule has 1 amide bonds. The molecule has 0 bridgehead atoms. The van der Waals surface area contributed by atoms with Crippen molar-refractivity contribution in [3.63, 3.8) is 0 Å². The van der Waals surface area contributed by atoms with Gasteiger partial charge in [-0.15, -0.1) is 0 Å². The second kappa shape index (κ2) is 6.15. The van der Waals surface area contributed by atoms with Gasteiger partial charge in [-0.3, -0.25) is 4.79 Å². The van der Waals surface area contributed by atoms with Crippen LogP contribution in [0.1, 0.15) is 16.1 Å². The molecule has 0 saturated heterocycles. The lowest BCUT2D eigenvalue weighted by Gasteiger charge is -2.06. The van der Waals surface area contributed by atoms with Gasteiger partial charge in [0.15, 0.2) is 11.5 Å². The van der Waals surface area contributed by atoms with Gasteiger partial charge >= 0.3 is 0 Å². The number of nitrogens with zero attached hydrogens (tertiary/aromatic N) is 1. The van der Waals surface area contributed by atoms with Crippen molar-refractivity contribution in [1.29, 1.82) is 0 Å². The van der Waals surface area contributed by atoms with E-state index in [0.717, 1.165) is 21.3 Å². The number of rotatable bonds is 3. The second-order valence-electron chi connectivity index (χ2n) is 4.86. The van der Waals surface area contributed by atoms with Crippen LogP contribution >= 0.6 is 15.9 Å². The van der Waals surface area contributed by atoms with E-state index < -0.39 is 0 Å². The van der Waals surface area contributed by atoms with E-state index in [2.05, 4.69) is 26.4 Å². The average molecular weight is 357 g/mol. The number of nitrogens with one attached hydrogen (secondary N) is 1. The summed E-state index contributed by atoms with van der Waals surface area (Å²) in [6, 6.07) is 16.9. The zero-order valence-corrected chi connectivity index (χ0v) is 13.4. The predicted octanol–water partition coefficient (Wildman–Crippen LogP) is 4.66. The van der Waals surface area contributed by atoms with Gasteiger partial charge in [0.05, 0.1) is 0 Å². The number of halogens is 1. The summed E-state index contributed by atoms with van der Waals surface area (Å²) < 4.78 is 6.14. The van der Waals surface area contributed by atoms with E-state index in [0.29, 0.717) is 5.76 Å². The van der Waals surface area contributed by atoms with Crippen molar-refractivity contribution in [3.05, 3.63) is 70.3 Å².